The third-order valence-corrected chi connectivity index (χ3v) is 4.73. The van der Waals surface area contributed by atoms with Gasteiger partial charge in [0.2, 0.25) is 0 Å². The van der Waals surface area contributed by atoms with Crippen LogP contribution in [0.15, 0.2) is 35.1 Å². The number of methoxy groups -OCH3 is 1. The second-order valence-electron chi connectivity index (χ2n) is 6.44. The number of benzene rings is 1. The van der Waals surface area contributed by atoms with Crippen LogP contribution in [0, 0.1) is 6.92 Å². The molecule has 3 rings (SSSR count). The van der Waals surface area contributed by atoms with Crippen LogP contribution in [0.3, 0.4) is 0 Å². The molecule has 25 heavy (non-hydrogen) atoms. The summed E-state index contributed by atoms with van der Waals surface area (Å²) in [5, 5.41) is 4.37. The number of nitrogens with zero attached hydrogens (tertiary/aromatic N) is 3. The van der Waals surface area contributed by atoms with E-state index in [0.29, 0.717) is 12.2 Å². The Hall–Kier alpha value is -2.63. The Morgan fingerprint density at radius 1 is 1.28 bits per heavy atom. The van der Waals surface area contributed by atoms with Crippen molar-refractivity contribution in [3.05, 3.63) is 51.9 Å². The molecule has 6 nitrogen and oxygen atoms in total. The second-order valence-corrected chi connectivity index (χ2v) is 6.44. The van der Waals surface area contributed by atoms with Gasteiger partial charge in [0.15, 0.2) is 11.4 Å². The standard InChI is InChI=1S/C19H23N3O3/c1-13-8-4-5-10-15(13)22-17(23)12-16(25-3)18(20-22)19(24)21-11-7-6-9-14(21)2/h4-5,8,10,12,14H,6-7,9,11H2,1-3H3/t14-/m0/s1. The van der Waals surface area contributed by atoms with Crippen molar-refractivity contribution in [2.75, 3.05) is 13.7 Å². The van der Waals surface area contributed by atoms with Crippen LogP contribution in [0.1, 0.15) is 42.2 Å². The zero-order chi connectivity index (χ0) is 18.0. The lowest BCUT2D eigenvalue weighted by Gasteiger charge is -2.33. The maximum absolute atomic E-state index is 13.0. The molecule has 1 fully saturated rings. The Balaban J connectivity index is 2.10. The SMILES string of the molecule is COc1cc(=O)n(-c2ccccc2C)nc1C(=O)N1CCCC[C@@H]1C. The zero-order valence-electron chi connectivity index (χ0n) is 14.9. The largest absolute Gasteiger partial charge is 0.494 e. The van der Waals surface area contributed by atoms with Gasteiger partial charge in [0.1, 0.15) is 0 Å². The summed E-state index contributed by atoms with van der Waals surface area (Å²) in [4.78, 5) is 27.3. The summed E-state index contributed by atoms with van der Waals surface area (Å²) in [7, 11) is 1.45. The normalized spacial score (nSPS) is 17.4. The molecule has 2 heterocycles. The molecule has 1 saturated heterocycles. The van der Waals surface area contributed by atoms with Crippen molar-refractivity contribution in [2.45, 2.75) is 39.2 Å². The number of likely N-dealkylation sites (tertiary alicyclic amines) is 1. The van der Waals surface area contributed by atoms with Crippen LogP contribution < -0.4 is 10.3 Å². The zero-order valence-corrected chi connectivity index (χ0v) is 14.9. The number of rotatable bonds is 3. The molecule has 0 saturated carbocycles. The fourth-order valence-corrected chi connectivity index (χ4v) is 3.25. The lowest BCUT2D eigenvalue weighted by atomic mass is 10.0. The van der Waals surface area contributed by atoms with Gasteiger partial charge in [-0.05, 0) is 44.7 Å². The van der Waals surface area contributed by atoms with Crippen molar-refractivity contribution >= 4 is 5.91 Å². The number of para-hydroxylation sites is 1. The van der Waals surface area contributed by atoms with E-state index in [1.165, 1.54) is 17.9 Å². The number of ether oxygens (including phenoxy) is 1. The van der Waals surface area contributed by atoms with Gasteiger partial charge >= 0.3 is 0 Å². The van der Waals surface area contributed by atoms with Gasteiger partial charge in [-0.25, -0.2) is 0 Å². The molecule has 1 aliphatic rings. The quantitative estimate of drug-likeness (QED) is 0.861. The smallest absolute Gasteiger partial charge is 0.278 e. The van der Waals surface area contributed by atoms with E-state index in [1.807, 2.05) is 43.0 Å². The highest BCUT2D eigenvalue weighted by molar-refractivity contribution is 5.95. The highest BCUT2D eigenvalue weighted by Crippen LogP contribution is 2.23. The van der Waals surface area contributed by atoms with Gasteiger partial charge in [0.05, 0.1) is 18.9 Å². The van der Waals surface area contributed by atoms with Crippen molar-refractivity contribution < 1.29 is 9.53 Å². The van der Waals surface area contributed by atoms with Crippen LogP contribution in [0.2, 0.25) is 0 Å². The number of piperidine rings is 1. The molecule has 0 N–H and O–H groups in total. The number of hydrogen-bond acceptors (Lipinski definition) is 4. The number of aromatic nitrogens is 2. The highest BCUT2D eigenvalue weighted by atomic mass is 16.5. The van der Waals surface area contributed by atoms with E-state index in [-0.39, 0.29) is 29.0 Å². The van der Waals surface area contributed by atoms with E-state index < -0.39 is 0 Å². The summed E-state index contributed by atoms with van der Waals surface area (Å²) in [6, 6.07) is 8.95. The summed E-state index contributed by atoms with van der Waals surface area (Å²) >= 11 is 0. The van der Waals surface area contributed by atoms with Crippen molar-refractivity contribution in [3.8, 4) is 11.4 Å². The number of hydrogen-bond donors (Lipinski definition) is 0. The molecule has 0 radical (unpaired) electrons. The molecule has 132 valence electrons. The first kappa shape index (κ1) is 17.2. The molecule has 1 aromatic carbocycles. The molecule has 0 unspecified atom stereocenters. The minimum atomic E-state index is -0.325. The number of amides is 1. The van der Waals surface area contributed by atoms with Crippen LogP contribution in [-0.4, -0.2) is 40.3 Å². The van der Waals surface area contributed by atoms with E-state index in [9.17, 15) is 9.59 Å². The molecule has 2 aromatic rings. The molecule has 0 spiro atoms. The monoisotopic (exact) mass is 341 g/mol. The molecule has 1 amide bonds. The summed E-state index contributed by atoms with van der Waals surface area (Å²) in [6.07, 6.45) is 3.08. The first-order valence-electron chi connectivity index (χ1n) is 8.58. The maximum atomic E-state index is 13.0. The Labute approximate surface area is 147 Å². The van der Waals surface area contributed by atoms with Gasteiger partial charge < -0.3 is 9.64 Å². The minimum Gasteiger partial charge on any atom is -0.494 e. The highest BCUT2D eigenvalue weighted by Gasteiger charge is 2.28. The van der Waals surface area contributed by atoms with Gasteiger partial charge in [-0.3, -0.25) is 9.59 Å². The van der Waals surface area contributed by atoms with Gasteiger partial charge in [-0.15, -0.1) is 0 Å². The summed E-state index contributed by atoms with van der Waals surface area (Å²) in [5.41, 5.74) is 1.43. The average Bonchev–Trinajstić information content (AvgIpc) is 2.62. The van der Waals surface area contributed by atoms with Crippen LogP contribution in [0.5, 0.6) is 5.75 Å². The molecule has 1 aromatic heterocycles. The van der Waals surface area contributed by atoms with E-state index >= 15 is 0 Å². The Morgan fingerprint density at radius 2 is 2.04 bits per heavy atom. The lowest BCUT2D eigenvalue weighted by molar-refractivity contribution is 0.0623. The summed E-state index contributed by atoms with van der Waals surface area (Å²) in [6.45, 7) is 4.65. The van der Waals surface area contributed by atoms with Crippen molar-refractivity contribution in [2.24, 2.45) is 0 Å². The Bertz CT molecular complexity index is 844. The molecule has 6 heteroatoms. The lowest BCUT2D eigenvalue weighted by Crippen LogP contribution is -2.43. The fraction of sp³-hybridized carbons (Fsp3) is 0.421. The van der Waals surface area contributed by atoms with Crippen LogP contribution >= 0.6 is 0 Å². The summed E-state index contributed by atoms with van der Waals surface area (Å²) in [5.74, 6) is 0.0315. The van der Waals surface area contributed by atoms with Crippen molar-refractivity contribution in [1.29, 1.82) is 0 Å². The van der Waals surface area contributed by atoms with Gasteiger partial charge in [0, 0.05) is 12.6 Å². The molecule has 0 aliphatic carbocycles. The van der Waals surface area contributed by atoms with Gasteiger partial charge in [-0.1, -0.05) is 18.2 Å². The molecule has 1 atom stereocenters. The van der Waals surface area contributed by atoms with Crippen molar-refractivity contribution in [1.82, 2.24) is 14.7 Å². The predicted molar refractivity (Wildman–Crippen MR) is 95.5 cm³/mol. The van der Waals surface area contributed by atoms with Gasteiger partial charge in [0.25, 0.3) is 11.5 Å². The van der Waals surface area contributed by atoms with Crippen LogP contribution in [0.4, 0.5) is 0 Å². The minimum absolute atomic E-state index is 0.159. The number of aryl methyl sites for hydroxylation is 1. The molecular weight excluding hydrogens is 318 g/mol. The van der Waals surface area contributed by atoms with Crippen LogP contribution in [-0.2, 0) is 0 Å². The Kier molecular flexibility index (Phi) is 4.88. The fourth-order valence-electron chi connectivity index (χ4n) is 3.25. The molecule has 1 aliphatic heterocycles. The van der Waals surface area contributed by atoms with E-state index in [4.69, 9.17) is 4.74 Å². The number of carbonyl (C=O) groups is 1. The third-order valence-electron chi connectivity index (χ3n) is 4.73. The first-order valence-corrected chi connectivity index (χ1v) is 8.58. The first-order chi connectivity index (χ1) is 12.0. The van der Waals surface area contributed by atoms with Gasteiger partial charge in [-0.2, -0.15) is 9.78 Å². The maximum Gasteiger partial charge on any atom is 0.278 e. The topological polar surface area (TPSA) is 64.4 Å². The molecule has 0 bridgehead atoms. The second kappa shape index (κ2) is 7.09. The van der Waals surface area contributed by atoms with E-state index in [1.54, 1.807) is 0 Å². The number of carbonyl (C=O) groups excluding carboxylic acids is 1. The van der Waals surface area contributed by atoms with Crippen molar-refractivity contribution in [3.63, 3.8) is 0 Å². The van der Waals surface area contributed by atoms with Crippen LogP contribution in [0.25, 0.3) is 5.69 Å². The molecular formula is C19H23N3O3. The summed E-state index contributed by atoms with van der Waals surface area (Å²) < 4.78 is 6.55. The van der Waals surface area contributed by atoms with E-state index in [0.717, 1.165) is 24.8 Å². The Morgan fingerprint density at radius 3 is 2.72 bits per heavy atom. The predicted octanol–water partition coefficient (Wildman–Crippen LogP) is 2.56. The third kappa shape index (κ3) is 3.29. The van der Waals surface area contributed by atoms with E-state index in [2.05, 4.69) is 5.10 Å². The average molecular weight is 341 g/mol.